The van der Waals surface area contributed by atoms with E-state index in [9.17, 15) is 9.59 Å². The second-order valence-electron chi connectivity index (χ2n) is 4.68. The number of aryl methyl sites for hydroxylation is 2. The van der Waals surface area contributed by atoms with Crippen molar-refractivity contribution in [3.05, 3.63) is 57.2 Å². The zero-order valence-corrected chi connectivity index (χ0v) is 13.9. The van der Waals surface area contributed by atoms with E-state index >= 15 is 0 Å². The van der Waals surface area contributed by atoms with Crippen molar-refractivity contribution in [3.63, 3.8) is 0 Å². The van der Waals surface area contributed by atoms with Crippen molar-refractivity contribution < 1.29 is 9.59 Å². The Morgan fingerprint density at radius 1 is 0.857 bits per heavy atom. The summed E-state index contributed by atoms with van der Waals surface area (Å²) in [5, 5.41) is 5.23. The lowest BCUT2D eigenvalue weighted by molar-refractivity contribution is -0.133. The predicted molar refractivity (Wildman–Crippen MR) is 92.3 cm³/mol. The first kappa shape index (κ1) is 15.5. The fourth-order valence-electron chi connectivity index (χ4n) is 1.90. The summed E-state index contributed by atoms with van der Waals surface area (Å²) in [6, 6.07) is 12.9. The molecular weight excluding hydrogens is 379 g/mol. The Labute approximate surface area is 137 Å². The Bertz CT molecular complexity index is 661. The van der Waals surface area contributed by atoms with E-state index in [-0.39, 0.29) is 0 Å². The van der Waals surface area contributed by atoms with E-state index in [4.69, 9.17) is 0 Å². The topological polar surface area (TPSA) is 58.2 Å². The van der Waals surface area contributed by atoms with Crippen LogP contribution in [0.5, 0.6) is 0 Å². The van der Waals surface area contributed by atoms with Gasteiger partial charge in [-0.3, -0.25) is 9.59 Å². The summed E-state index contributed by atoms with van der Waals surface area (Å²) < 4.78 is 1.06. The largest absolute Gasteiger partial charge is 0.318 e. The quantitative estimate of drug-likeness (QED) is 0.605. The third kappa shape index (κ3) is 4.04. The maximum Gasteiger partial charge on any atom is 0.314 e. The number of anilines is 2. The molecule has 0 fully saturated rings. The van der Waals surface area contributed by atoms with E-state index in [2.05, 4.69) is 33.2 Å². The molecule has 0 bridgehead atoms. The number of hydrogen-bond acceptors (Lipinski definition) is 2. The molecule has 0 atom stereocenters. The Kier molecular flexibility index (Phi) is 4.95. The number of carbonyl (C=O) groups is 2. The maximum atomic E-state index is 12.0. The number of nitrogens with one attached hydrogen (secondary N) is 2. The molecule has 2 amide bonds. The Hall–Kier alpha value is -1.89. The van der Waals surface area contributed by atoms with Gasteiger partial charge in [0.2, 0.25) is 0 Å². The first-order valence-electron chi connectivity index (χ1n) is 6.41. The van der Waals surface area contributed by atoms with Crippen LogP contribution in [-0.4, -0.2) is 11.8 Å². The smallest absolute Gasteiger partial charge is 0.314 e. The van der Waals surface area contributed by atoms with Gasteiger partial charge in [0.15, 0.2) is 0 Å². The van der Waals surface area contributed by atoms with Gasteiger partial charge in [0.1, 0.15) is 0 Å². The van der Waals surface area contributed by atoms with Gasteiger partial charge < -0.3 is 10.6 Å². The minimum atomic E-state index is -0.682. The third-order valence-electron chi connectivity index (χ3n) is 3.03. The van der Waals surface area contributed by atoms with Crippen molar-refractivity contribution in [1.29, 1.82) is 0 Å². The summed E-state index contributed by atoms with van der Waals surface area (Å²) in [7, 11) is 0. The van der Waals surface area contributed by atoms with Crippen LogP contribution < -0.4 is 10.6 Å². The summed E-state index contributed by atoms with van der Waals surface area (Å²) in [5.74, 6) is -1.36. The molecular formula is C16H15IN2O2. The molecule has 108 valence electrons. The summed E-state index contributed by atoms with van der Waals surface area (Å²) in [6.45, 7) is 3.78. The molecule has 4 nitrogen and oxygen atoms in total. The normalized spacial score (nSPS) is 10.0. The van der Waals surface area contributed by atoms with E-state index < -0.39 is 11.8 Å². The van der Waals surface area contributed by atoms with E-state index in [1.165, 1.54) is 0 Å². The molecule has 2 aromatic rings. The molecule has 2 rings (SSSR count). The lowest BCUT2D eigenvalue weighted by atomic mass is 10.1. The molecule has 0 aromatic heterocycles. The van der Waals surface area contributed by atoms with Gasteiger partial charge in [-0.1, -0.05) is 18.2 Å². The monoisotopic (exact) mass is 394 g/mol. The van der Waals surface area contributed by atoms with Crippen molar-refractivity contribution >= 4 is 45.8 Å². The second kappa shape index (κ2) is 6.71. The van der Waals surface area contributed by atoms with Gasteiger partial charge in [0, 0.05) is 14.9 Å². The Morgan fingerprint density at radius 3 is 1.95 bits per heavy atom. The zero-order chi connectivity index (χ0) is 15.4. The number of halogens is 1. The van der Waals surface area contributed by atoms with Crippen molar-refractivity contribution in [3.8, 4) is 0 Å². The lowest BCUT2D eigenvalue weighted by Gasteiger charge is -2.11. The molecule has 21 heavy (non-hydrogen) atoms. The average molecular weight is 394 g/mol. The minimum absolute atomic E-state index is 0.595. The van der Waals surface area contributed by atoms with Crippen LogP contribution in [-0.2, 0) is 9.59 Å². The highest BCUT2D eigenvalue weighted by molar-refractivity contribution is 14.1. The van der Waals surface area contributed by atoms with Crippen LogP contribution in [0.4, 0.5) is 11.4 Å². The van der Waals surface area contributed by atoms with Crippen LogP contribution >= 0.6 is 22.6 Å². The average Bonchev–Trinajstić information content (AvgIpc) is 2.45. The molecule has 0 saturated heterocycles. The number of benzene rings is 2. The maximum absolute atomic E-state index is 12.0. The fourth-order valence-corrected chi connectivity index (χ4v) is 2.26. The first-order chi connectivity index (χ1) is 9.97. The highest BCUT2D eigenvalue weighted by Gasteiger charge is 2.15. The molecule has 2 N–H and O–H groups in total. The van der Waals surface area contributed by atoms with E-state index in [1.54, 1.807) is 12.1 Å². The minimum Gasteiger partial charge on any atom is -0.318 e. The SMILES string of the molecule is Cc1cccc(C)c1NC(=O)C(=O)Nc1ccc(I)cc1. The molecule has 2 aromatic carbocycles. The van der Waals surface area contributed by atoms with Gasteiger partial charge >= 0.3 is 11.8 Å². The lowest BCUT2D eigenvalue weighted by Crippen LogP contribution is -2.29. The second-order valence-corrected chi connectivity index (χ2v) is 5.93. The van der Waals surface area contributed by atoms with Crippen molar-refractivity contribution in [2.45, 2.75) is 13.8 Å². The van der Waals surface area contributed by atoms with Crippen molar-refractivity contribution in [2.75, 3.05) is 10.6 Å². The van der Waals surface area contributed by atoms with Crippen LogP contribution in [0.2, 0.25) is 0 Å². The highest BCUT2D eigenvalue weighted by Crippen LogP contribution is 2.19. The van der Waals surface area contributed by atoms with Gasteiger partial charge in [-0.15, -0.1) is 0 Å². The summed E-state index contributed by atoms with van der Waals surface area (Å²) in [6.07, 6.45) is 0. The summed E-state index contributed by atoms with van der Waals surface area (Å²) in [4.78, 5) is 23.9. The van der Waals surface area contributed by atoms with Gasteiger partial charge in [0.25, 0.3) is 0 Å². The van der Waals surface area contributed by atoms with E-state index in [1.807, 2.05) is 44.2 Å². The standard InChI is InChI=1S/C16H15IN2O2/c1-10-4-3-5-11(2)14(10)19-16(21)15(20)18-13-8-6-12(17)7-9-13/h3-9H,1-2H3,(H,18,20)(H,19,21). The number of para-hydroxylation sites is 1. The van der Waals surface area contributed by atoms with Crippen LogP contribution in [0, 0.1) is 17.4 Å². The summed E-state index contributed by atoms with van der Waals surface area (Å²) in [5.41, 5.74) is 3.12. The number of carbonyl (C=O) groups excluding carboxylic acids is 2. The molecule has 0 heterocycles. The van der Waals surface area contributed by atoms with Gasteiger partial charge in [-0.05, 0) is 71.8 Å². The van der Waals surface area contributed by atoms with Crippen LogP contribution in [0.3, 0.4) is 0 Å². The molecule has 5 heteroatoms. The molecule has 0 aliphatic rings. The summed E-state index contributed by atoms with van der Waals surface area (Å²) >= 11 is 2.17. The van der Waals surface area contributed by atoms with Crippen molar-refractivity contribution in [2.24, 2.45) is 0 Å². The fraction of sp³-hybridized carbons (Fsp3) is 0.125. The molecule has 0 radical (unpaired) electrons. The molecule has 0 saturated carbocycles. The predicted octanol–water partition coefficient (Wildman–Crippen LogP) is 3.49. The molecule has 0 spiro atoms. The van der Waals surface area contributed by atoms with Gasteiger partial charge in [-0.2, -0.15) is 0 Å². The highest BCUT2D eigenvalue weighted by atomic mass is 127. The van der Waals surface area contributed by atoms with Gasteiger partial charge in [-0.25, -0.2) is 0 Å². The van der Waals surface area contributed by atoms with Crippen LogP contribution in [0.25, 0.3) is 0 Å². The number of rotatable bonds is 2. The number of hydrogen-bond donors (Lipinski definition) is 2. The molecule has 0 aliphatic carbocycles. The molecule has 0 aliphatic heterocycles. The van der Waals surface area contributed by atoms with E-state index in [0.29, 0.717) is 11.4 Å². The van der Waals surface area contributed by atoms with Gasteiger partial charge in [0.05, 0.1) is 0 Å². The zero-order valence-electron chi connectivity index (χ0n) is 11.7. The third-order valence-corrected chi connectivity index (χ3v) is 3.75. The van der Waals surface area contributed by atoms with Crippen LogP contribution in [0.15, 0.2) is 42.5 Å². The number of amides is 2. The Balaban J connectivity index is 2.06. The first-order valence-corrected chi connectivity index (χ1v) is 7.49. The Morgan fingerprint density at radius 2 is 1.38 bits per heavy atom. The molecule has 0 unspecified atom stereocenters. The van der Waals surface area contributed by atoms with Crippen molar-refractivity contribution in [1.82, 2.24) is 0 Å². The van der Waals surface area contributed by atoms with Crippen LogP contribution in [0.1, 0.15) is 11.1 Å². The van der Waals surface area contributed by atoms with E-state index in [0.717, 1.165) is 14.7 Å².